The minimum atomic E-state index is -3.81. The molecular formula is C18H17Cl3N2O4S2. The molecule has 6 nitrogen and oxygen atoms in total. The SMILES string of the molecule is O=C(CCC(=O)N1CCN(S(=O)(=O)c2cccc(Cl)c2Cl)CC1)c1ccc(Cl)s1. The molecule has 3 rings (SSSR count). The number of amides is 1. The van der Waals surface area contributed by atoms with E-state index in [0.717, 1.165) is 0 Å². The Hall–Kier alpha value is -1.16. The summed E-state index contributed by atoms with van der Waals surface area (Å²) in [6, 6.07) is 7.74. The molecule has 1 saturated heterocycles. The van der Waals surface area contributed by atoms with E-state index in [1.165, 1.54) is 33.8 Å². The van der Waals surface area contributed by atoms with Crippen LogP contribution in [0, 0.1) is 0 Å². The van der Waals surface area contributed by atoms with Crippen LogP contribution < -0.4 is 0 Å². The topological polar surface area (TPSA) is 74.8 Å². The first-order valence-corrected chi connectivity index (χ1v) is 12.1. The number of thiophene rings is 1. The summed E-state index contributed by atoms with van der Waals surface area (Å²) >= 11 is 19.0. The Bertz CT molecular complexity index is 1030. The highest BCUT2D eigenvalue weighted by atomic mass is 35.5. The summed E-state index contributed by atoms with van der Waals surface area (Å²) in [7, 11) is -3.81. The second kappa shape index (κ2) is 9.32. The molecule has 2 aromatic rings. The van der Waals surface area contributed by atoms with Gasteiger partial charge in [-0.15, -0.1) is 11.3 Å². The first-order chi connectivity index (χ1) is 13.7. The Balaban J connectivity index is 1.56. The molecule has 1 aromatic heterocycles. The van der Waals surface area contributed by atoms with Gasteiger partial charge < -0.3 is 4.90 Å². The summed E-state index contributed by atoms with van der Waals surface area (Å²) in [5, 5.41) is 0.151. The average Bonchev–Trinajstić information content (AvgIpc) is 3.14. The van der Waals surface area contributed by atoms with Gasteiger partial charge in [0.2, 0.25) is 15.9 Å². The van der Waals surface area contributed by atoms with Crippen LogP contribution in [0.25, 0.3) is 0 Å². The van der Waals surface area contributed by atoms with Crippen molar-refractivity contribution in [2.75, 3.05) is 26.2 Å². The Labute approximate surface area is 188 Å². The molecule has 0 spiro atoms. The predicted octanol–water partition coefficient (Wildman–Crippen LogP) is 4.20. The van der Waals surface area contributed by atoms with Gasteiger partial charge in [0.15, 0.2) is 5.78 Å². The molecule has 0 saturated carbocycles. The van der Waals surface area contributed by atoms with Crippen molar-refractivity contribution in [1.29, 1.82) is 0 Å². The predicted molar refractivity (Wildman–Crippen MR) is 115 cm³/mol. The first kappa shape index (κ1) is 22.5. The maximum Gasteiger partial charge on any atom is 0.244 e. The number of sulfonamides is 1. The quantitative estimate of drug-likeness (QED) is 0.563. The monoisotopic (exact) mass is 494 g/mol. The highest BCUT2D eigenvalue weighted by molar-refractivity contribution is 7.89. The molecule has 0 N–H and O–H groups in total. The zero-order valence-electron chi connectivity index (χ0n) is 15.1. The van der Waals surface area contributed by atoms with Gasteiger partial charge >= 0.3 is 0 Å². The van der Waals surface area contributed by atoms with Gasteiger partial charge in [-0.05, 0) is 24.3 Å². The number of carbonyl (C=O) groups is 2. The van der Waals surface area contributed by atoms with Gasteiger partial charge in [-0.1, -0.05) is 40.9 Å². The lowest BCUT2D eigenvalue weighted by atomic mass is 10.1. The molecule has 0 aliphatic carbocycles. The van der Waals surface area contributed by atoms with Crippen molar-refractivity contribution >= 4 is 67.9 Å². The maximum atomic E-state index is 12.8. The summed E-state index contributed by atoms with van der Waals surface area (Å²) < 4.78 is 27.5. The van der Waals surface area contributed by atoms with E-state index < -0.39 is 10.0 Å². The second-order valence-electron chi connectivity index (χ2n) is 6.36. The van der Waals surface area contributed by atoms with Gasteiger partial charge in [-0.25, -0.2) is 8.42 Å². The highest BCUT2D eigenvalue weighted by Crippen LogP contribution is 2.31. The lowest BCUT2D eigenvalue weighted by Gasteiger charge is -2.34. The standard InChI is InChI=1S/C18H17Cl3N2O4S2/c19-12-2-1-3-15(18(12)21)29(26,27)23-10-8-22(9-11-23)17(25)7-4-13(24)14-5-6-16(20)28-14/h1-3,5-6H,4,7-11H2. The molecule has 1 amide bonds. The number of hydrogen-bond acceptors (Lipinski definition) is 5. The minimum absolute atomic E-state index is 0.0140. The van der Waals surface area contributed by atoms with E-state index in [2.05, 4.69) is 0 Å². The molecule has 0 atom stereocenters. The van der Waals surface area contributed by atoms with Gasteiger partial charge in [-0.3, -0.25) is 9.59 Å². The van der Waals surface area contributed by atoms with Crippen molar-refractivity contribution in [2.45, 2.75) is 17.7 Å². The van der Waals surface area contributed by atoms with Gasteiger partial charge in [0.05, 0.1) is 19.3 Å². The Morgan fingerprint density at radius 3 is 2.28 bits per heavy atom. The van der Waals surface area contributed by atoms with Crippen molar-refractivity contribution < 1.29 is 18.0 Å². The van der Waals surface area contributed by atoms with E-state index in [4.69, 9.17) is 34.8 Å². The summed E-state index contributed by atoms with van der Waals surface area (Å²) in [6.07, 6.45) is 0.160. The Kier molecular flexibility index (Phi) is 7.24. The van der Waals surface area contributed by atoms with Crippen molar-refractivity contribution in [3.05, 3.63) is 49.6 Å². The van der Waals surface area contributed by atoms with Crippen molar-refractivity contribution in [2.24, 2.45) is 0 Å². The molecule has 1 fully saturated rings. The number of nitrogens with zero attached hydrogens (tertiary/aromatic N) is 2. The van der Waals surface area contributed by atoms with Gasteiger partial charge in [0, 0.05) is 39.0 Å². The highest BCUT2D eigenvalue weighted by Gasteiger charge is 2.32. The van der Waals surface area contributed by atoms with Crippen LogP contribution in [0.4, 0.5) is 0 Å². The van der Waals surface area contributed by atoms with Crippen LogP contribution in [0.3, 0.4) is 0 Å². The normalized spacial score (nSPS) is 15.5. The number of piperazine rings is 1. The number of halogens is 3. The lowest BCUT2D eigenvalue weighted by molar-refractivity contribution is -0.132. The number of Topliss-reactive ketones (excluding diaryl/α,β-unsaturated/α-hetero) is 1. The van der Waals surface area contributed by atoms with Gasteiger partial charge in [0.1, 0.15) is 4.90 Å². The number of carbonyl (C=O) groups excluding carboxylic acids is 2. The molecule has 0 radical (unpaired) electrons. The number of rotatable bonds is 6. The third-order valence-electron chi connectivity index (χ3n) is 4.54. The zero-order chi connectivity index (χ0) is 21.2. The van der Waals surface area contributed by atoms with Crippen LogP contribution >= 0.6 is 46.1 Å². The smallest absolute Gasteiger partial charge is 0.244 e. The molecule has 0 unspecified atom stereocenters. The molecule has 0 bridgehead atoms. The molecule has 29 heavy (non-hydrogen) atoms. The minimum Gasteiger partial charge on any atom is -0.340 e. The second-order valence-corrected chi connectivity index (χ2v) is 10.8. The number of hydrogen-bond donors (Lipinski definition) is 0. The fourth-order valence-corrected chi connectivity index (χ4v) is 6.13. The van der Waals surface area contributed by atoms with Crippen molar-refractivity contribution in [3.8, 4) is 0 Å². The van der Waals surface area contributed by atoms with Gasteiger partial charge in [-0.2, -0.15) is 4.31 Å². The molecular weight excluding hydrogens is 479 g/mol. The van der Waals surface area contributed by atoms with E-state index >= 15 is 0 Å². The van der Waals surface area contributed by atoms with E-state index in [0.29, 0.717) is 9.21 Å². The molecule has 156 valence electrons. The van der Waals surface area contributed by atoms with E-state index in [1.807, 2.05) is 0 Å². The van der Waals surface area contributed by atoms with E-state index in [1.54, 1.807) is 17.0 Å². The molecule has 1 aliphatic heterocycles. The van der Waals surface area contributed by atoms with Crippen LogP contribution in [0.2, 0.25) is 14.4 Å². The fourth-order valence-electron chi connectivity index (χ4n) is 2.97. The number of benzene rings is 1. The molecule has 11 heteroatoms. The van der Waals surface area contributed by atoms with Crippen molar-refractivity contribution in [3.63, 3.8) is 0 Å². The van der Waals surface area contributed by atoms with E-state index in [9.17, 15) is 18.0 Å². The Morgan fingerprint density at radius 1 is 0.966 bits per heavy atom. The first-order valence-electron chi connectivity index (χ1n) is 8.70. The lowest BCUT2D eigenvalue weighted by Crippen LogP contribution is -2.50. The zero-order valence-corrected chi connectivity index (χ0v) is 19.0. The maximum absolute atomic E-state index is 12.8. The third-order valence-corrected chi connectivity index (χ3v) is 8.68. The summed E-state index contributed by atoms with van der Waals surface area (Å²) in [4.78, 5) is 26.6. The summed E-state index contributed by atoms with van der Waals surface area (Å²) in [6.45, 7) is 0.779. The molecule has 1 aliphatic rings. The van der Waals surface area contributed by atoms with Crippen LogP contribution in [0.1, 0.15) is 22.5 Å². The van der Waals surface area contributed by atoms with Crippen LogP contribution in [0.5, 0.6) is 0 Å². The molecule has 2 heterocycles. The summed E-state index contributed by atoms with van der Waals surface area (Å²) in [5.41, 5.74) is 0. The van der Waals surface area contributed by atoms with Crippen LogP contribution in [0.15, 0.2) is 35.2 Å². The fraction of sp³-hybridized carbons (Fsp3) is 0.333. The largest absolute Gasteiger partial charge is 0.340 e. The third kappa shape index (κ3) is 5.13. The molecule has 1 aromatic carbocycles. The van der Waals surface area contributed by atoms with Crippen LogP contribution in [-0.2, 0) is 14.8 Å². The van der Waals surface area contributed by atoms with Crippen LogP contribution in [-0.4, -0.2) is 55.5 Å². The summed E-state index contributed by atoms with van der Waals surface area (Å²) in [5.74, 6) is -0.314. The van der Waals surface area contributed by atoms with Gasteiger partial charge in [0.25, 0.3) is 0 Å². The van der Waals surface area contributed by atoms with E-state index in [-0.39, 0.29) is 65.7 Å². The average molecular weight is 496 g/mol. The number of ketones is 1. The Morgan fingerprint density at radius 2 is 1.66 bits per heavy atom. The van der Waals surface area contributed by atoms with Crippen molar-refractivity contribution in [1.82, 2.24) is 9.21 Å².